The van der Waals surface area contributed by atoms with E-state index >= 15 is 0 Å². The zero-order chi connectivity index (χ0) is 11.5. The first-order valence-corrected chi connectivity index (χ1v) is 6.40. The van der Waals surface area contributed by atoms with Crippen molar-refractivity contribution in [1.82, 2.24) is 5.32 Å². The van der Waals surface area contributed by atoms with Crippen LogP contribution in [0.5, 0.6) is 0 Å². The van der Waals surface area contributed by atoms with Crippen molar-refractivity contribution in [3.8, 4) is 0 Å². The van der Waals surface area contributed by atoms with Crippen LogP contribution in [-0.4, -0.2) is 26.8 Å². The fraction of sp³-hybridized carbons (Fsp3) is 1.00. The topological polar surface area (TPSA) is 21.3 Å². The zero-order valence-electron chi connectivity index (χ0n) is 11.0. The first-order chi connectivity index (χ1) is 7.20. The van der Waals surface area contributed by atoms with E-state index in [0.29, 0.717) is 0 Å². The Morgan fingerprint density at radius 2 is 2.00 bits per heavy atom. The molecule has 1 atom stereocenters. The average molecular weight is 215 g/mol. The molecule has 0 aromatic carbocycles. The van der Waals surface area contributed by atoms with E-state index in [1.165, 1.54) is 32.2 Å². The summed E-state index contributed by atoms with van der Waals surface area (Å²) in [6.45, 7) is 10.1. The normalized spacial score (nSPS) is 13.4. The number of hydrogen-bond donors (Lipinski definition) is 1. The monoisotopic (exact) mass is 215 g/mol. The van der Waals surface area contributed by atoms with Crippen molar-refractivity contribution in [3.05, 3.63) is 0 Å². The van der Waals surface area contributed by atoms with Gasteiger partial charge in [-0.1, -0.05) is 20.8 Å². The van der Waals surface area contributed by atoms with Crippen LogP contribution in [0.3, 0.4) is 0 Å². The van der Waals surface area contributed by atoms with Gasteiger partial charge in [-0.15, -0.1) is 0 Å². The van der Waals surface area contributed by atoms with Crippen LogP contribution in [0.1, 0.15) is 46.5 Å². The molecule has 0 fully saturated rings. The van der Waals surface area contributed by atoms with Gasteiger partial charge in [0.2, 0.25) is 0 Å². The Hall–Kier alpha value is -0.0800. The first-order valence-electron chi connectivity index (χ1n) is 6.40. The number of nitrogens with one attached hydrogen (secondary N) is 1. The van der Waals surface area contributed by atoms with Crippen molar-refractivity contribution >= 4 is 0 Å². The molecule has 0 rings (SSSR count). The van der Waals surface area contributed by atoms with Gasteiger partial charge in [0.05, 0.1) is 0 Å². The molecule has 0 saturated carbocycles. The third-order valence-corrected chi connectivity index (χ3v) is 2.63. The molecule has 0 amide bonds. The molecule has 0 aliphatic rings. The number of methoxy groups -OCH3 is 1. The highest BCUT2D eigenvalue weighted by molar-refractivity contribution is 4.64. The number of rotatable bonds is 10. The summed E-state index contributed by atoms with van der Waals surface area (Å²) in [6.07, 6.45) is 5.05. The van der Waals surface area contributed by atoms with Gasteiger partial charge in [0, 0.05) is 13.7 Å². The summed E-state index contributed by atoms with van der Waals surface area (Å²) >= 11 is 0. The highest BCUT2D eigenvalue weighted by atomic mass is 16.5. The largest absolute Gasteiger partial charge is 0.385 e. The Balaban J connectivity index is 3.63. The summed E-state index contributed by atoms with van der Waals surface area (Å²) in [5, 5.41) is 3.53. The second-order valence-corrected chi connectivity index (χ2v) is 4.83. The van der Waals surface area contributed by atoms with Gasteiger partial charge in [-0.3, -0.25) is 0 Å². The molecular formula is C13H29NO. The molecule has 0 spiro atoms. The third kappa shape index (κ3) is 10.2. The second-order valence-electron chi connectivity index (χ2n) is 4.83. The second kappa shape index (κ2) is 10.4. The van der Waals surface area contributed by atoms with Crippen LogP contribution >= 0.6 is 0 Å². The van der Waals surface area contributed by atoms with E-state index < -0.39 is 0 Å². The maximum atomic E-state index is 5.10. The van der Waals surface area contributed by atoms with Crippen LogP contribution in [0.4, 0.5) is 0 Å². The Morgan fingerprint density at radius 1 is 1.27 bits per heavy atom. The van der Waals surface area contributed by atoms with Crippen molar-refractivity contribution in [3.63, 3.8) is 0 Å². The predicted molar refractivity (Wildman–Crippen MR) is 67.2 cm³/mol. The van der Waals surface area contributed by atoms with E-state index in [2.05, 4.69) is 26.1 Å². The summed E-state index contributed by atoms with van der Waals surface area (Å²) in [5.74, 6) is 1.63. The molecule has 0 aliphatic heterocycles. The van der Waals surface area contributed by atoms with Gasteiger partial charge in [-0.25, -0.2) is 0 Å². The maximum Gasteiger partial charge on any atom is 0.0462 e. The van der Waals surface area contributed by atoms with Gasteiger partial charge < -0.3 is 10.1 Å². The molecular weight excluding hydrogens is 186 g/mol. The lowest BCUT2D eigenvalue weighted by Gasteiger charge is -2.19. The van der Waals surface area contributed by atoms with Gasteiger partial charge in [0.25, 0.3) is 0 Å². The minimum Gasteiger partial charge on any atom is -0.385 e. The maximum absolute atomic E-state index is 5.10. The van der Waals surface area contributed by atoms with Crippen molar-refractivity contribution < 1.29 is 4.74 Å². The lowest BCUT2D eigenvalue weighted by Crippen LogP contribution is -2.24. The highest BCUT2D eigenvalue weighted by Crippen LogP contribution is 2.16. The lowest BCUT2D eigenvalue weighted by molar-refractivity contribution is 0.183. The van der Waals surface area contributed by atoms with Crippen molar-refractivity contribution in [1.29, 1.82) is 0 Å². The van der Waals surface area contributed by atoms with Crippen LogP contribution in [0.2, 0.25) is 0 Å². The van der Waals surface area contributed by atoms with Crippen molar-refractivity contribution in [2.45, 2.75) is 46.5 Å². The van der Waals surface area contributed by atoms with Crippen LogP contribution in [0, 0.1) is 11.8 Å². The predicted octanol–water partition coefficient (Wildman–Crippen LogP) is 3.07. The minimum atomic E-state index is 0.806. The standard InChI is InChI=1S/C13H29NO/c1-5-8-14-11-13(10-12(2)3)7-6-9-15-4/h12-14H,5-11H2,1-4H3. The fourth-order valence-corrected chi connectivity index (χ4v) is 1.97. The molecule has 0 aliphatic carbocycles. The van der Waals surface area contributed by atoms with Crippen molar-refractivity contribution in [2.75, 3.05) is 26.8 Å². The smallest absolute Gasteiger partial charge is 0.0462 e. The van der Waals surface area contributed by atoms with Crippen molar-refractivity contribution in [2.24, 2.45) is 11.8 Å². The summed E-state index contributed by atoms with van der Waals surface area (Å²) < 4.78 is 5.10. The molecule has 2 nitrogen and oxygen atoms in total. The first kappa shape index (κ1) is 14.9. The zero-order valence-corrected chi connectivity index (χ0v) is 11.0. The Morgan fingerprint density at radius 3 is 2.53 bits per heavy atom. The SMILES string of the molecule is CCCNCC(CCCOC)CC(C)C. The van der Waals surface area contributed by atoms with Crippen LogP contribution < -0.4 is 5.32 Å². The summed E-state index contributed by atoms with van der Waals surface area (Å²) in [4.78, 5) is 0. The Bertz CT molecular complexity index is 116. The molecule has 1 N–H and O–H groups in total. The number of ether oxygens (including phenoxy) is 1. The summed E-state index contributed by atoms with van der Waals surface area (Å²) in [7, 11) is 1.78. The third-order valence-electron chi connectivity index (χ3n) is 2.63. The average Bonchev–Trinajstić information content (AvgIpc) is 2.17. The molecule has 2 heteroatoms. The molecule has 0 bridgehead atoms. The van der Waals surface area contributed by atoms with Gasteiger partial charge in [-0.2, -0.15) is 0 Å². The molecule has 1 unspecified atom stereocenters. The van der Waals surface area contributed by atoms with E-state index in [1.54, 1.807) is 7.11 Å². The minimum absolute atomic E-state index is 0.806. The number of hydrogen-bond acceptors (Lipinski definition) is 2. The van der Waals surface area contributed by atoms with E-state index in [0.717, 1.165) is 25.0 Å². The Kier molecular flexibility index (Phi) is 10.4. The quantitative estimate of drug-likeness (QED) is 0.565. The van der Waals surface area contributed by atoms with Gasteiger partial charge in [-0.05, 0) is 50.6 Å². The summed E-state index contributed by atoms with van der Waals surface area (Å²) in [6, 6.07) is 0. The van der Waals surface area contributed by atoms with E-state index in [4.69, 9.17) is 4.74 Å². The molecule has 0 aromatic heterocycles. The van der Waals surface area contributed by atoms with E-state index in [9.17, 15) is 0 Å². The molecule has 92 valence electrons. The molecule has 0 aromatic rings. The molecule has 0 radical (unpaired) electrons. The van der Waals surface area contributed by atoms with E-state index in [-0.39, 0.29) is 0 Å². The lowest BCUT2D eigenvalue weighted by atomic mass is 9.93. The fourth-order valence-electron chi connectivity index (χ4n) is 1.97. The molecule has 0 heterocycles. The van der Waals surface area contributed by atoms with Crippen LogP contribution in [0.15, 0.2) is 0 Å². The summed E-state index contributed by atoms with van der Waals surface area (Å²) in [5.41, 5.74) is 0. The van der Waals surface area contributed by atoms with E-state index in [1.807, 2.05) is 0 Å². The van der Waals surface area contributed by atoms with Gasteiger partial charge >= 0.3 is 0 Å². The van der Waals surface area contributed by atoms with Gasteiger partial charge in [0.15, 0.2) is 0 Å². The molecule has 0 saturated heterocycles. The molecule has 15 heavy (non-hydrogen) atoms. The Labute approximate surface area is 95.8 Å². The van der Waals surface area contributed by atoms with Crippen LogP contribution in [0.25, 0.3) is 0 Å². The highest BCUT2D eigenvalue weighted by Gasteiger charge is 2.10. The van der Waals surface area contributed by atoms with Crippen LogP contribution in [-0.2, 0) is 4.74 Å². The van der Waals surface area contributed by atoms with Gasteiger partial charge in [0.1, 0.15) is 0 Å².